The van der Waals surface area contributed by atoms with Crippen LogP contribution in [0.3, 0.4) is 0 Å². The molecule has 126 valence electrons. The second-order valence-electron chi connectivity index (χ2n) is 5.12. The van der Waals surface area contributed by atoms with E-state index in [1.165, 1.54) is 6.08 Å². The molecule has 1 N–H and O–H groups in total. The standard InChI is InChI=1S/C20H17BrN2O2/c1-2-10-23-20(24)17(13-22)11-16-12-18(21)8-9-19(16)25-14-15-6-4-3-5-7-15/h2-9,11-12H,1,10,14H2,(H,23,24)/b17-11-. The van der Waals surface area contributed by atoms with E-state index in [0.29, 0.717) is 24.5 Å². The lowest BCUT2D eigenvalue weighted by atomic mass is 10.1. The smallest absolute Gasteiger partial charge is 0.262 e. The van der Waals surface area contributed by atoms with Crippen LogP contribution in [0.1, 0.15) is 11.1 Å². The fraction of sp³-hybridized carbons (Fsp3) is 0.100. The number of nitriles is 1. The van der Waals surface area contributed by atoms with Gasteiger partial charge in [-0.2, -0.15) is 5.26 Å². The molecule has 0 aromatic heterocycles. The molecule has 0 unspecified atom stereocenters. The van der Waals surface area contributed by atoms with Gasteiger partial charge < -0.3 is 10.1 Å². The molecule has 0 saturated carbocycles. The Morgan fingerprint density at radius 3 is 2.72 bits per heavy atom. The summed E-state index contributed by atoms with van der Waals surface area (Å²) in [5.41, 5.74) is 1.68. The van der Waals surface area contributed by atoms with Crippen molar-refractivity contribution in [2.75, 3.05) is 6.54 Å². The van der Waals surface area contributed by atoms with Crippen LogP contribution in [-0.2, 0) is 11.4 Å². The van der Waals surface area contributed by atoms with Gasteiger partial charge in [0.15, 0.2) is 0 Å². The maximum absolute atomic E-state index is 12.0. The molecule has 25 heavy (non-hydrogen) atoms. The summed E-state index contributed by atoms with van der Waals surface area (Å²) >= 11 is 3.40. The van der Waals surface area contributed by atoms with Crippen molar-refractivity contribution in [3.8, 4) is 11.8 Å². The quantitative estimate of drug-likeness (QED) is 0.432. The lowest BCUT2D eigenvalue weighted by molar-refractivity contribution is -0.116. The molecule has 2 rings (SSSR count). The highest BCUT2D eigenvalue weighted by Crippen LogP contribution is 2.26. The normalized spacial score (nSPS) is 10.6. The number of nitrogens with one attached hydrogen (secondary N) is 1. The van der Waals surface area contributed by atoms with E-state index < -0.39 is 5.91 Å². The van der Waals surface area contributed by atoms with E-state index in [-0.39, 0.29) is 5.57 Å². The van der Waals surface area contributed by atoms with Crippen LogP contribution in [-0.4, -0.2) is 12.5 Å². The van der Waals surface area contributed by atoms with Gasteiger partial charge in [-0.25, -0.2) is 0 Å². The molecule has 0 saturated heterocycles. The SMILES string of the molecule is C=CCNC(=O)/C(C#N)=C\c1cc(Br)ccc1OCc1ccccc1. The van der Waals surface area contributed by atoms with Crippen LogP contribution in [0, 0.1) is 11.3 Å². The first kappa shape index (κ1) is 18.5. The molecule has 4 nitrogen and oxygen atoms in total. The number of amides is 1. The van der Waals surface area contributed by atoms with E-state index in [2.05, 4.69) is 27.8 Å². The number of hydrogen-bond acceptors (Lipinski definition) is 3. The number of carbonyl (C=O) groups is 1. The highest BCUT2D eigenvalue weighted by atomic mass is 79.9. The molecule has 0 spiro atoms. The second-order valence-corrected chi connectivity index (χ2v) is 6.04. The summed E-state index contributed by atoms with van der Waals surface area (Å²) in [7, 11) is 0. The molecular weight excluding hydrogens is 380 g/mol. The monoisotopic (exact) mass is 396 g/mol. The molecule has 2 aromatic carbocycles. The number of ether oxygens (including phenoxy) is 1. The molecular formula is C20H17BrN2O2. The van der Waals surface area contributed by atoms with Crippen molar-refractivity contribution in [1.29, 1.82) is 5.26 Å². The number of carbonyl (C=O) groups excluding carboxylic acids is 1. The summed E-state index contributed by atoms with van der Waals surface area (Å²) in [6.45, 7) is 4.23. The van der Waals surface area contributed by atoms with Gasteiger partial charge in [-0.3, -0.25) is 4.79 Å². The van der Waals surface area contributed by atoms with E-state index in [9.17, 15) is 10.1 Å². The predicted molar refractivity (Wildman–Crippen MR) is 102 cm³/mol. The van der Waals surface area contributed by atoms with E-state index in [1.807, 2.05) is 42.5 Å². The Kier molecular flexibility index (Phi) is 7.00. The molecule has 0 atom stereocenters. The maximum Gasteiger partial charge on any atom is 0.262 e. The topological polar surface area (TPSA) is 62.1 Å². The summed E-state index contributed by atoms with van der Waals surface area (Å²) in [5, 5.41) is 11.9. The van der Waals surface area contributed by atoms with Gasteiger partial charge >= 0.3 is 0 Å². The summed E-state index contributed by atoms with van der Waals surface area (Å²) < 4.78 is 6.69. The van der Waals surface area contributed by atoms with Crippen molar-refractivity contribution in [2.45, 2.75) is 6.61 Å². The van der Waals surface area contributed by atoms with Crippen molar-refractivity contribution in [1.82, 2.24) is 5.32 Å². The fourth-order valence-electron chi connectivity index (χ4n) is 2.06. The van der Waals surface area contributed by atoms with Crippen LogP contribution in [0.4, 0.5) is 0 Å². The Morgan fingerprint density at radius 2 is 2.04 bits per heavy atom. The number of halogens is 1. The van der Waals surface area contributed by atoms with Gasteiger partial charge in [0.05, 0.1) is 0 Å². The van der Waals surface area contributed by atoms with E-state index in [1.54, 1.807) is 18.2 Å². The van der Waals surface area contributed by atoms with Crippen LogP contribution in [0.2, 0.25) is 0 Å². The third-order valence-electron chi connectivity index (χ3n) is 3.28. The van der Waals surface area contributed by atoms with E-state index in [0.717, 1.165) is 10.0 Å². The zero-order valence-electron chi connectivity index (χ0n) is 13.5. The number of nitrogens with zero attached hydrogens (tertiary/aromatic N) is 1. The molecule has 0 bridgehead atoms. The van der Waals surface area contributed by atoms with Crippen molar-refractivity contribution < 1.29 is 9.53 Å². The summed E-state index contributed by atoms with van der Waals surface area (Å²) in [5.74, 6) is 0.146. The minimum atomic E-state index is -0.448. The van der Waals surface area contributed by atoms with Crippen LogP contribution >= 0.6 is 15.9 Å². The van der Waals surface area contributed by atoms with Gasteiger partial charge in [-0.1, -0.05) is 52.3 Å². The van der Waals surface area contributed by atoms with Gasteiger partial charge in [-0.05, 0) is 29.8 Å². The highest BCUT2D eigenvalue weighted by molar-refractivity contribution is 9.10. The fourth-order valence-corrected chi connectivity index (χ4v) is 2.44. The lowest BCUT2D eigenvalue weighted by Gasteiger charge is -2.10. The molecule has 0 aliphatic rings. The molecule has 2 aromatic rings. The molecule has 0 aliphatic heterocycles. The Morgan fingerprint density at radius 1 is 1.28 bits per heavy atom. The van der Waals surface area contributed by atoms with Crippen LogP contribution < -0.4 is 10.1 Å². The first-order chi connectivity index (χ1) is 12.1. The molecule has 0 aliphatic carbocycles. The molecule has 0 heterocycles. The third-order valence-corrected chi connectivity index (χ3v) is 3.77. The zero-order valence-corrected chi connectivity index (χ0v) is 15.1. The Bertz CT molecular complexity index is 823. The minimum absolute atomic E-state index is 0.00418. The van der Waals surface area contributed by atoms with Gasteiger partial charge in [0.25, 0.3) is 5.91 Å². The second kappa shape index (κ2) is 9.45. The lowest BCUT2D eigenvalue weighted by Crippen LogP contribution is -2.24. The average Bonchev–Trinajstić information content (AvgIpc) is 2.64. The van der Waals surface area contributed by atoms with Crippen molar-refractivity contribution >= 4 is 27.9 Å². The summed E-state index contributed by atoms with van der Waals surface area (Å²) in [6, 6.07) is 17.1. The van der Waals surface area contributed by atoms with Crippen LogP contribution in [0.5, 0.6) is 5.75 Å². The zero-order chi connectivity index (χ0) is 18.1. The van der Waals surface area contributed by atoms with Gasteiger partial charge in [0, 0.05) is 16.6 Å². The molecule has 1 amide bonds. The first-order valence-corrected chi connectivity index (χ1v) is 8.40. The molecule has 0 radical (unpaired) electrons. The van der Waals surface area contributed by atoms with Gasteiger partial charge in [-0.15, -0.1) is 6.58 Å². The van der Waals surface area contributed by atoms with Crippen LogP contribution in [0.25, 0.3) is 6.08 Å². The van der Waals surface area contributed by atoms with Crippen molar-refractivity contribution in [2.24, 2.45) is 0 Å². The minimum Gasteiger partial charge on any atom is -0.488 e. The van der Waals surface area contributed by atoms with Gasteiger partial charge in [0.1, 0.15) is 24.0 Å². The predicted octanol–water partition coefficient (Wildman–Crippen LogP) is 4.24. The third kappa shape index (κ3) is 5.63. The number of rotatable bonds is 7. The maximum atomic E-state index is 12.0. The summed E-state index contributed by atoms with van der Waals surface area (Å²) in [4.78, 5) is 12.0. The number of hydrogen-bond donors (Lipinski definition) is 1. The highest BCUT2D eigenvalue weighted by Gasteiger charge is 2.11. The van der Waals surface area contributed by atoms with Crippen LogP contribution in [0.15, 0.2) is 71.2 Å². The van der Waals surface area contributed by atoms with Gasteiger partial charge in [0.2, 0.25) is 0 Å². The van der Waals surface area contributed by atoms with Crippen molar-refractivity contribution in [3.63, 3.8) is 0 Å². The molecule has 5 heteroatoms. The van der Waals surface area contributed by atoms with E-state index in [4.69, 9.17) is 4.74 Å². The number of benzene rings is 2. The Hall–Kier alpha value is -2.84. The van der Waals surface area contributed by atoms with E-state index >= 15 is 0 Å². The average molecular weight is 397 g/mol. The first-order valence-electron chi connectivity index (χ1n) is 7.61. The molecule has 0 fully saturated rings. The summed E-state index contributed by atoms with van der Waals surface area (Å²) in [6.07, 6.45) is 3.07. The Balaban J connectivity index is 2.25. The largest absolute Gasteiger partial charge is 0.488 e. The Labute approximate surface area is 155 Å². The van der Waals surface area contributed by atoms with Crippen molar-refractivity contribution in [3.05, 3.63) is 82.4 Å².